The molecule has 6 heteroatoms. The summed E-state index contributed by atoms with van der Waals surface area (Å²) >= 11 is 0. The third-order valence-corrected chi connectivity index (χ3v) is 5.35. The largest absolute Gasteiger partial charge is 0.477 e. The molecule has 0 saturated heterocycles. The minimum absolute atomic E-state index is 0.0862. The normalized spacial score (nSPS) is 13.7. The van der Waals surface area contributed by atoms with Crippen LogP contribution in [0.1, 0.15) is 40.5 Å². The molecule has 1 aliphatic rings. The summed E-state index contributed by atoms with van der Waals surface area (Å²) in [6.45, 7) is 1.88. The van der Waals surface area contributed by atoms with Crippen LogP contribution in [0.15, 0.2) is 54.6 Å². The van der Waals surface area contributed by atoms with Gasteiger partial charge in [0.1, 0.15) is 17.3 Å². The van der Waals surface area contributed by atoms with Crippen molar-refractivity contribution in [3.05, 3.63) is 88.6 Å². The lowest BCUT2D eigenvalue weighted by Crippen LogP contribution is -2.14. The SMILES string of the molecule is CCc1ccc2c(c1)c(C1=CC=CCC1=O)c(C(=O)O)n2Cc1ccc(F)cc1F. The molecule has 0 spiro atoms. The Labute approximate surface area is 171 Å². The second-order valence-electron chi connectivity index (χ2n) is 7.19. The number of nitrogens with zero attached hydrogens (tertiary/aromatic N) is 1. The van der Waals surface area contributed by atoms with Crippen molar-refractivity contribution < 1.29 is 23.5 Å². The van der Waals surface area contributed by atoms with E-state index in [9.17, 15) is 23.5 Å². The van der Waals surface area contributed by atoms with Crippen LogP contribution in [0, 0.1) is 11.6 Å². The van der Waals surface area contributed by atoms with Crippen LogP contribution in [0.25, 0.3) is 16.5 Å². The minimum Gasteiger partial charge on any atom is -0.477 e. The van der Waals surface area contributed by atoms with Gasteiger partial charge >= 0.3 is 5.97 Å². The maximum absolute atomic E-state index is 14.3. The number of halogens is 2. The standard InChI is InChI=1S/C24H19F2NO3/c1-2-14-7-10-20-18(11-14)22(17-5-3-4-6-21(17)28)23(24(29)30)27(20)13-15-8-9-16(25)12-19(15)26/h3-5,7-12H,2,6,13H2,1H3,(H,29,30). The minimum atomic E-state index is -1.22. The molecule has 0 bridgehead atoms. The Morgan fingerprint density at radius 3 is 2.63 bits per heavy atom. The number of hydrogen-bond donors (Lipinski definition) is 1. The average Bonchev–Trinajstić information content (AvgIpc) is 3.04. The summed E-state index contributed by atoms with van der Waals surface area (Å²) in [5.41, 5.74) is 2.30. The number of fused-ring (bicyclic) bond motifs is 1. The number of hydrogen-bond acceptors (Lipinski definition) is 2. The Morgan fingerprint density at radius 1 is 1.17 bits per heavy atom. The van der Waals surface area contributed by atoms with E-state index in [1.807, 2.05) is 19.1 Å². The number of carboxylic acid groups (broad SMARTS) is 1. The van der Waals surface area contributed by atoms with E-state index in [0.29, 0.717) is 22.0 Å². The molecule has 1 N–H and O–H groups in total. The highest BCUT2D eigenvalue weighted by atomic mass is 19.1. The van der Waals surface area contributed by atoms with Crippen LogP contribution < -0.4 is 0 Å². The fourth-order valence-corrected chi connectivity index (χ4v) is 3.87. The molecule has 30 heavy (non-hydrogen) atoms. The molecule has 0 atom stereocenters. The third-order valence-electron chi connectivity index (χ3n) is 5.35. The highest BCUT2D eigenvalue weighted by Gasteiger charge is 2.28. The maximum Gasteiger partial charge on any atom is 0.353 e. The van der Waals surface area contributed by atoms with Crippen LogP contribution in [0.3, 0.4) is 0 Å². The lowest BCUT2D eigenvalue weighted by molar-refractivity contribution is -0.113. The van der Waals surface area contributed by atoms with Gasteiger partial charge in [0.25, 0.3) is 0 Å². The number of aromatic nitrogens is 1. The van der Waals surface area contributed by atoms with Crippen LogP contribution in [0.2, 0.25) is 0 Å². The molecule has 0 unspecified atom stereocenters. The molecular weight excluding hydrogens is 388 g/mol. The Bertz CT molecular complexity index is 1250. The molecule has 152 valence electrons. The van der Waals surface area contributed by atoms with E-state index in [4.69, 9.17) is 0 Å². The van der Waals surface area contributed by atoms with Gasteiger partial charge in [-0.3, -0.25) is 4.79 Å². The van der Waals surface area contributed by atoms with Crippen LogP contribution in [-0.4, -0.2) is 21.4 Å². The van der Waals surface area contributed by atoms with Crippen LogP contribution >= 0.6 is 0 Å². The van der Waals surface area contributed by atoms with Crippen LogP contribution in [0.5, 0.6) is 0 Å². The molecule has 0 saturated carbocycles. The van der Waals surface area contributed by atoms with Crippen LogP contribution in [0.4, 0.5) is 8.78 Å². The molecule has 4 rings (SSSR count). The number of benzene rings is 2. The van der Waals surface area contributed by atoms with Gasteiger partial charge in [-0.1, -0.05) is 37.3 Å². The Kier molecular flexibility index (Phi) is 5.08. The number of ketones is 1. The number of carbonyl (C=O) groups is 2. The van der Waals surface area contributed by atoms with Gasteiger partial charge in [0.2, 0.25) is 0 Å². The zero-order valence-corrected chi connectivity index (χ0v) is 16.3. The second kappa shape index (κ2) is 7.71. The lowest BCUT2D eigenvalue weighted by atomic mass is 9.93. The van der Waals surface area contributed by atoms with Gasteiger partial charge < -0.3 is 9.67 Å². The van der Waals surface area contributed by atoms with Gasteiger partial charge in [-0.05, 0) is 30.2 Å². The van der Waals surface area contributed by atoms with E-state index in [2.05, 4.69) is 0 Å². The molecule has 0 aliphatic heterocycles. The Balaban J connectivity index is 2.03. The summed E-state index contributed by atoms with van der Waals surface area (Å²) in [7, 11) is 0. The van der Waals surface area contributed by atoms with Crippen molar-refractivity contribution in [2.24, 2.45) is 0 Å². The molecule has 0 amide bonds. The number of Topliss-reactive ketones (excluding diaryl/α,β-unsaturated/α-hetero) is 1. The van der Waals surface area contributed by atoms with Gasteiger partial charge in [0.15, 0.2) is 5.78 Å². The van der Waals surface area contributed by atoms with E-state index in [0.717, 1.165) is 24.1 Å². The predicted molar refractivity (Wildman–Crippen MR) is 110 cm³/mol. The number of carbonyl (C=O) groups excluding carboxylic acids is 1. The number of rotatable bonds is 5. The number of allylic oxidation sites excluding steroid dienone is 4. The summed E-state index contributed by atoms with van der Waals surface area (Å²) in [6, 6.07) is 8.76. The van der Waals surface area contributed by atoms with Gasteiger partial charge in [0.05, 0.1) is 6.54 Å². The fourth-order valence-electron chi connectivity index (χ4n) is 3.87. The quantitative estimate of drug-likeness (QED) is 0.637. The first-order valence-electron chi connectivity index (χ1n) is 9.63. The molecule has 0 fully saturated rings. The molecule has 1 aliphatic carbocycles. The number of carboxylic acids is 1. The number of aromatic carboxylic acids is 1. The van der Waals surface area contributed by atoms with E-state index >= 15 is 0 Å². The highest BCUT2D eigenvalue weighted by Crippen LogP contribution is 2.35. The van der Waals surface area contributed by atoms with Crippen molar-refractivity contribution in [3.63, 3.8) is 0 Å². The van der Waals surface area contributed by atoms with E-state index in [1.165, 1.54) is 10.6 Å². The molecule has 0 radical (unpaired) electrons. The fraction of sp³-hybridized carbons (Fsp3) is 0.167. The van der Waals surface area contributed by atoms with Crippen molar-refractivity contribution in [3.8, 4) is 0 Å². The zero-order valence-electron chi connectivity index (χ0n) is 16.3. The van der Waals surface area contributed by atoms with E-state index in [1.54, 1.807) is 24.3 Å². The van der Waals surface area contributed by atoms with Gasteiger partial charge in [-0.25, -0.2) is 13.6 Å². The summed E-state index contributed by atoms with van der Waals surface area (Å²) < 4.78 is 29.1. The first kappa shape index (κ1) is 19.8. The van der Waals surface area contributed by atoms with Crippen molar-refractivity contribution in [2.75, 3.05) is 0 Å². The van der Waals surface area contributed by atoms with Gasteiger partial charge in [-0.2, -0.15) is 0 Å². The lowest BCUT2D eigenvalue weighted by Gasteiger charge is -2.12. The third kappa shape index (κ3) is 3.34. The van der Waals surface area contributed by atoms with Crippen molar-refractivity contribution in [2.45, 2.75) is 26.3 Å². The molecule has 2 aromatic carbocycles. The van der Waals surface area contributed by atoms with E-state index < -0.39 is 17.6 Å². The Morgan fingerprint density at radius 2 is 1.97 bits per heavy atom. The van der Waals surface area contributed by atoms with Crippen molar-refractivity contribution in [1.29, 1.82) is 0 Å². The number of aryl methyl sites for hydroxylation is 1. The first-order valence-corrected chi connectivity index (χ1v) is 9.63. The van der Waals surface area contributed by atoms with Crippen LogP contribution in [-0.2, 0) is 17.8 Å². The average molecular weight is 407 g/mol. The predicted octanol–water partition coefficient (Wildman–Crippen LogP) is 5.14. The summed E-state index contributed by atoms with van der Waals surface area (Å²) in [5, 5.41) is 10.7. The summed E-state index contributed by atoms with van der Waals surface area (Å²) in [4.78, 5) is 24.9. The summed E-state index contributed by atoms with van der Waals surface area (Å²) in [6.07, 6.45) is 6.00. The molecule has 4 nitrogen and oxygen atoms in total. The monoisotopic (exact) mass is 407 g/mol. The topological polar surface area (TPSA) is 59.3 Å². The highest BCUT2D eigenvalue weighted by molar-refractivity contribution is 6.27. The molecule has 3 aromatic rings. The Hall–Kier alpha value is -3.54. The van der Waals surface area contributed by atoms with Gasteiger partial charge in [0, 0.05) is 40.1 Å². The van der Waals surface area contributed by atoms with E-state index in [-0.39, 0.29) is 30.0 Å². The molecule has 1 heterocycles. The van der Waals surface area contributed by atoms with Gasteiger partial charge in [-0.15, -0.1) is 0 Å². The van der Waals surface area contributed by atoms with Crippen molar-refractivity contribution in [1.82, 2.24) is 4.57 Å². The summed E-state index contributed by atoms with van der Waals surface area (Å²) in [5.74, 6) is -2.85. The zero-order chi connectivity index (χ0) is 21.4. The molecule has 1 aromatic heterocycles. The maximum atomic E-state index is 14.3. The smallest absolute Gasteiger partial charge is 0.353 e. The van der Waals surface area contributed by atoms with Crippen molar-refractivity contribution >= 4 is 28.2 Å². The molecular formula is C24H19F2NO3. The first-order chi connectivity index (χ1) is 14.4. The second-order valence-corrected chi connectivity index (χ2v) is 7.19.